The summed E-state index contributed by atoms with van der Waals surface area (Å²) in [6, 6.07) is 9.42. The van der Waals surface area contributed by atoms with Crippen LogP contribution in [0.3, 0.4) is 0 Å². The Balaban J connectivity index is 1.88. The summed E-state index contributed by atoms with van der Waals surface area (Å²) >= 11 is 2.99. The lowest BCUT2D eigenvalue weighted by molar-refractivity contribution is -0.122. The summed E-state index contributed by atoms with van der Waals surface area (Å²) in [5.41, 5.74) is 1.80. The number of hydrogen-bond donors (Lipinski definition) is 0. The summed E-state index contributed by atoms with van der Waals surface area (Å²) in [4.78, 5) is 19.7. The molecule has 1 fully saturated rings. The van der Waals surface area contributed by atoms with Crippen molar-refractivity contribution >= 4 is 45.9 Å². The van der Waals surface area contributed by atoms with E-state index in [2.05, 4.69) is 4.99 Å². The molecule has 3 rings (SSSR count). The SMILES string of the molecule is COCCN1C(=O)/C(=C\c2ccsc2)SC1=Nc1ccc(OC)cc1. The van der Waals surface area contributed by atoms with Gasteiger partial charge in [0.25, 0.3) is 5.91 Å². The molecule has 1 amide bonds. The van der Waals surface area contributed by atoms with Crippen LogP contribution in [-0.2, 0) is 9.53 Å². The van der Waals surface area contributed by atoms with Crippen LogP contribution in [0.2, 0.25) is 0 Å². The number of nitrogens with zero attached hydrogens (tertiary/aromatic N) is 2. The van der Waals surface area contributed by atoms with E-state index in [4.69, 9.17) is 9.47 Å². The van der Waals surface area contributed by atoms with Gasteiger partial charge in [0.1, 0.15) is 5.75 Å². The van der Waals surface area contributed by atoms with Crippen LogP contribution in [0.25, 0.3) is 6.08 Å². The second-order valence-corrected chi connectivity index (χ2v) is 7.00. The zero-order valence-electron chi connectivity index (χ0n) is 14.0. The van der Waals surface area contributed by atoms with E-state index in [1.54, 1.807) is 30.5 Å². The highest BCUT2D eigenvalue weighted by Crippen LogP contribution is 2.34. The van der Waals surface area contributed by atoms with Crippen molar-refractivity contribution in [2.45, 2.75) is 0 Å². The molecule has 2 aromatic rings. The minimum atomic E-state index is -0.0412. The fourth-order valence-corrected chi connectivity index (χ4v) is 3.89. The van der Waals surface area contributed by atoms with Gasteiger partial charge in [-0.2, -0.15) is 11.3 Å². The standard InChI is InChI=1S/C18H18N2O3S2/c1-22-9-8-20-17(21)16(11-13-7-10-24-12-13)25-18(20)19-14-3-5-15(23-2)6-4-14/h3-7,10-12H,8-9H2,1-2H3/b16-11+,19-18?. The number of rotatable bonds is 6. The van der Waals surface area contributed by atoms with E-state index in [1.165, 1.54) is 11.8 Å². The van der Waals surface area contributed by atoms with Crippen molar-refractivity contribution in [3.63, 3.8) is 0 Å². The Morgan fingerprint density at radius 1 is 1.20 bits per heavy atom. The summed E-state index contributed by atoms with van der Waals surface area (Å²) in [6.45, 7) is 0.929. The van der Waals surface area contributed by atoms with Crippen LogP contribution in [0.4, 0.5) is 5.69 Å². The van der Waals surface area contributed by atoms with Gasteiger partial charge >= 0.3 is 0 Å². The largest absolute Gasteiger partial charge is 0.497 e. The lowest BCUT2D eigenvalue weighted by Crippen LogP contribution is -2.32. The predicted molar refractivity (Wildman–Crippen MR) is 104 cm³/mol. The molecule has 5 nitrogen and oxygen atoms in total. The van der Waals surface area contributed by atoms with Crippen LogP contribution in [0.5, 0.6) is 5.75 Å². The number of thiophene rings is 1. The highest BCUT2D eigenvalue weighted by molar-refractivity contribution is 8.18. The van der Waals surface area contributed by atoms with Gasteiger partial charge in [0, 0.05) is 7.11 Å². The number of amides is 1. The number of benzene rings is 1. The quantitative estimate of drug-likeness (QED) is 0.717. The molecule has 0 bridgehead atoms. The van der Waals surface area contributed by atoms with Gasteiger partial charge in [-0.05, 0) is 64.5 Å². The first-order valence-electron chi connectivity index (χ1n) is 7.66. The van der Waals surface area contributed by atoms with Gasteiger partial charge < -0.3 is 9.47 Å². The van der Waals surface area contributed by atoms with Crippen LogP contribution in [0.1, 0.15) is 5.56 Å². The zero-order chi connectivity index (χ0) is 17.6. The molecule has 1 aliphatic heterocycles. The molecule has 130 valence electrons. The van der Waals surface area contributed by atoms with Gasteiger partial charge in [-0.25, -0.2) is 4.99 Å². The van der Waals surface area contributed by atoms with Gasteiger partial charge in [0.2, 0.25) is 0 Å². The molecule has 0 aliphatic carbocycles. The summed E-state index contributed by atoms with van der Waals surface area (Å²) in [7, 11) is 3.25. The van der Waals surface area contributed by atoms with Crippen molar-refractivity contribution in [1.82, 2.24) is 4.90 Å². The fraction of sp³-hybridized carbons (Fsp3) is 0.222. The predicted octanol–water partition coefficient (Wildman–Crippen LogP) is 4.01. The Morgan fingerprint density at radius 3 is 2.64 bits per heavy atom. The summed E-state index contributed by atoms with van der Waals surface area (Å²) < 4.78 is 10.3. The molecule has 0 saturated carbocycles. The third-order valence-electron chi connectivity index (χ3n) is 3.55. The first kappa shape index (κ1) is 17.7. The molecule has 0 spiro atoms. The number of ether oxygens (including phenoxy) is 2. The Bertz CT molecular complexity index is 783. The van der Waals surface area contributed by atoms with E-state index in [1.807, 2.05) is 47.2 Å². The van der Waals surface area contributed by atoms with E-state index in [9.17, 15) is 4.79 Å². The van der Waals surface area contributed by atoms with Crippen molar-refractivity contribution in [3.05, 3.63) is 51.6 Å². The zero-order valence-corrected chi connectivity index (χ0v) is 15.6. The summed E-state index contributed by atoms with van der Waals surface area (Å²) in [5.74, 6) is 0.730. The van der Waals surface area contributed by atoms with E-state index >= 15 is 0 Å². The molecule has 0 unspecified atom stereocenters. The molecule has 25 heavy (non-hydrogen) atoms. The second kappa shape index (κ2) is 8.33. The number of carbonyl (C=O) groups excluding carboxylic acids is 1. The third-order valence-corrected chi connectivity index (χ3v) is 5.25. The Kier molecular flexibility index (Phi) is 5.91. The minimum Gasteiger partial charge on any atom is -0.497 e. The number of hydrogen-bond acceptors (Lipinski definition) is 6. The Labute approximate surface area is 155 Å². The maximum atomic E-state index is 12.7. The third kappa shape index (κ3) is 4.31. The minimum absolute atomic E-state index is 0.0412. The highest BCUT2D eigenvalue weighted by atomic mass is 32.2. The normalized spacial score (nSPS) is 17.7. The number of methoxy groups -OCH3 is 2. The van der Waals surface area contributed by atoms with Crippen molar-refractivity contribution in [3.8, 4) is 5.75 Å². The maximum absolute atomic E-state index is 12.7. The first-order valence-corrected chi connectivity index (χ1v) is 9.42. The number of thioether (sulfide) groups is 1. The Hall–Kier alpha value is -2.09. The molecular formula is C18H18N2O3S2. The fourth-order valence-electron chi connectivity index (χ4n) is 2.25. The van der Waals surface area contributed by atoms with Crippen LogP contribution in [-0.4, -0.2) is 43.3 Å². The second-order valence-electron chi connectivity index (χ2n) is 5.21. The van der Waals surface area contributed by atoms with Gasteiger partial charge in [0.15, 0.2) is 5.17 Å². The van der Waals surface area contributed by atoms with E-state index in [0.29, 0.717) is 23.2 Å². The molecule has 0 N–H and O–H groups in total. The highest BCUT2D eigenvalue weighted by Gasteiger charge is 2.33. The summed E-state index contributed by atoms with van der Waals surface area (Å²) in [6.07, 6.45) is 1.90. The lowest BCUT2D eigenvalue weighted by atomic mass is 10.3. The number of amidine groups is 1. The molecule has 1 aliphatic rings. The van der Waals surface area contributed by atoms with Crippen molar-refractivity contribution < 1.29 is 14.3 Å². The summed E-state index contributed by atoms with van der Waals surface area (Å²) in [5, 5.41) is 4.67. The maximum Gasteiger partial charge on any atom is 0.266 e. The number of carbonyl (C=O) groups is 1. The van der Waals surface area contributed by atoms with E-state index in [-0.39, 0.29) is 5.91 Å². The molecule has 1 saturated heterocycles. The van der Waals surface area contributed by atoms with Crippen LogP contribution in [0.15, 0.2) is 51.0 Å². The molecule has 0 radical (unpaired) electrons. The van der Waals surface area contributed by atoms with Crippen LogP contribution < -0.4 is 4.74 Å². The molecule has 0 atom stereocenters. The van der Waals surface area contributed by atoms with Gasteiger partial charge in [-0.15, -0.1) is 0 Å². The molecule has 1 aromatic carbocycles. The van der Waals surface area contributed by atoms with E-state index in [0.717, 1.165) is 17.0 Å². The number of aliphatic imine (C=N–C) groups is 1. The monoisotopic (exact) mass is 374 g/mol. The lowest BCUT2D eigenvalue weighted by Gasteiger charge is -2.14. The molecule has 7 heteroatoms. The molecule has 2 heterocycles. The van der Waals surface area contributed by atoms with Crippen molar-refractivity contribution in [2.24, 2.45) is 4.99 Å². The Morgan fingerprint density at radius 2 is 2.00 bits per heavy atom. The van der Waals surface area contributed by atoms with Crippen LogP contribution in [0, 0.1) is 0 Å². The van der Waals surface area contributed by atoms with Gasteiger partial charge in [-0.3, -0.25) is 9.69 Å². The average molecular weight is 374 g/mol. The van der Waals surface area contributed by atoms with Crippen molar-refractivity contribution in [1.29, 1.82) is 0 Å². The van der Waals surface area contributed by atoms with Crippen molar-refractivity contribution in [2.75, 3.05) is 27.4 Å². The van der Waals surface area contributed by atoms with Gasteiger partial charge in [-0.1, -0.05) is 0 Å². The first-order chi connectivity index (χ1) is 12.2. The molecular weight excluding hydrogens is 356 g/mol. The molecule has 1 aromatic heterocycles. The van der Waals surface area contributed by atoms with E-state index < -0.39 is 0 Å². The average Bonchev–Trinajstić information content (AvgIpc) is 3.24. The van der Waals surface area contributed by atoms with Crippen LogP contribution >= 0.6 is 23.1 Å². The van der Waals surface area contributed by atoms with Gasteiger partial charge in [0.05, 0.1) is 30.9 Å². The topological polar surface area (TPSA) is 51.1 Å². The smallest absolute Gasteiger partial charge is 0.266 e.